The number of H-pyrrole nitrogens is 1. The summed E-state index contributed by atoms with van der Waals surface area (Å²) in [6.07, 6.45) is 3.45. The number of nitrogens with zero attached hydrogens (tertiary/aromatic N) is 1. The lowest BCUT2D eigenvalue weighted by Gasteiger charge is -2.44. The fourth-order valence-electron chi connectivity index (χ4n) is 5.22. The summed E-state index contributed by atoms with van der Waals surface area (Å²) in [5.74, 6) is -2.62. The lowest BCUT2D eigenvalue weighted by atomic mass is 9.95. The Kier molecular flexibility index (Phi) is 8.24. The molecule has 2 aliphatic heterocycles. The molecule has 12 nitrogen and oxygen atoms in total. The number of benzene rings is 2. The number of nitrogens with one attached hydrogen (secondary N) is 3. The number of thioether (sulfide) groups is 1. The third kappa shape index (κ3) is 5.91. The van der Waals surface area contributed by atoms with E-state index in [9.17, 15) is 34.2 Å². The van der Waals surface area contributed by atoms with Crippen LogP contribution < -0.4 is 20.9 Å². The number of carboxylic acid groups (broad SMARTS) is 1. The van der Waals surface area contributed by atoms with Gasteiger partial charge < -0.3 is 35.5 Å². The average Bonchev–Trinajstić information content (AvgIpc) is 3.25. The number of hydrogen-bond acceptors (Lipinski definition) is 8. The molecule has 44 heavy (non-hydrogen) atoms. The first kappa shape index (κ1) is 30.4. The van der Waals surface area contributed by atoms with Gasteiger partial charge in [-0.05, 0) is 67.4 Å². The minimum atomic E-state index is -1.34. The molecule has 2 aliphatic rings. The maximum atomic E-state index is 13.5. The molecule has 0 spiro atoms. The van der Waals surface area contributed by atoms with Crippen molar-refractivity contribution in [1.29, 1.82) is 0 Å². The molecule has 228 valence electrons. The molecule has 4 atom stereocenters. The average molecular weight is 619 g/mol. The Morgan fingerprint density at radius 1 is 1.02 bits per heavy atom. The molecule has 0 bridgehead atoms. The molecule has 5 rings (SSSR count). The molecule has 0 aliphatic carbocycles. The minimum Gasteiger partial charge on any atom is -0.508 e. The number of hydrogen-bond donors (Lipinski definition) is 5. The molecule has 1 unspecified atom stereocenters. The van der Waals surface area contributed by atoms with E-state index in [2.05, 4.69) is 15.6 Å². The largest absolute Gasteiger partial charge is 0.508 e. The van der Waals surface area contributed by atoms with Gasteiger partial charge in [-0.15, -0.1) is 11.8 Å². The van der Waals surface area contributed by atoms with Crippen LogP contribution >= 0.6 is 11.8 Å². The van der Waals surface area contributed by atoms with Crippen molar-refractivity contribution in [3.63, 3.8) is 0 Å². The molecule has 0 radical (unpaired) electrons. The van der Waals surface area contributed by atoms with Crippen LogP contribution in [0.5, 0.6) is 11.5 Å². The number of pyridine rings is 1. The monoisotopic (exact) mass is 618 g/mol. The van der Waals surface area contributed by atoms with Gasteiger partial charge in [0.2, 0.25) is 11.8 Å². The topological polar surface area (TPSA) is 178 Å². The Balaban J connectivity index is 1.33. The van der Waals surface area contributed by atoms with Crippen molar-refractivity contribution in [2.75, 3.05) is 7.11 Å². The molecular weight excluding hydrogens is 588 g/mol. The Bertz CT molecular complexity index is 1700. The number of carboxylic acids is 1. The predicted molar refractivity (Wildman–Crippen MR) is 163 cm³/mol. The van der Waals surface area contributed by atoms with Crippen LogP contribution in [0.1, 0.15) is 47.1 Å². The summed E-state index contributed by atoms with van der Waals surface area (Å²) in [7, 11) is 1.57. The van der Waals surface area contributed by atoms with E-state index in [0.717, 1.165) is 5.56 Å². The van der Waals surface area contributed by atoms with Gasteiger partial charge in [0, 0.05) is 10.4 Å². The molecule has 5 N–H and O–H groups in total. The standard InChI is InChI=1S/C31H30N4O8S/c1-31(2)24(30(41)42)35-28(40)23(29(35)44-31)34-27(39)22(17-7-11-19(36)12-8-17)33-26(38)21-15-10-18(32-25(21)37)9-4-16-5-13-20(43-3)14-6-16/h4-15,22-24,29,36H,1-3H3,(H,32,37)(H,33,38)(H,34,39)(H,41,42)/b9-4-/t22?,23-,24+,29-/m1/s1. The zero-order valence-corrected chi connectivity index (χ0v) is 24.8. The Labute approximate surface area is 256 Å². The van der Waals surface area contributed by atoms with Crippen molar-refractivity contribution in [3.05, 3.63) is 93.4 Å². The number of aromatic hydroxyl groups is 1. The number of phenols is 1. The van der Waals surface area contributed by atoms with Crippen LogP contribution in [-0.4, -0.2) is 73.1 Å². The van der Waals surface area contributed by atoms with Crippen molar-refractivity contribution >= 4 is 47.6 Å². The number of carbonyl (C=O) groups is 4. The molecule has 13 heteroatoms. The number of aliphatic carboxylic acids is 1. The zero-order chi connectivity index (χ0) is 31.8. The van der Waals surface area contributed by atoms with E-state index >= 15 is 0 Å². The highest BCUT2D eigenvalue weighted by molar-refractivity contribution is 8.01. The predicted octanol–water partition coefficient (Wildman–Crippen LogP) is 2.36. The van der Waals surface area contributed by atoms with E-state index in [0.29, 0.717) is 11.4 Å². The molecule has 3 aromatic rings. The highest BCUT2D eigenvalue weighted by Gasteiger charge is 2.64. The van der Waals surface area contributed by atoms with Crippen molar-refractivity contribution < 1.29 is 34.1 Å². The maximum Gasteiger partial charge on any atom is 0.327 e. The van der Waals surface area contributed by atoms with Crippen LogP contribution in [-0.2, 0) is 14.4 Å². The van der Waals surface area contributed by atoms with Crippen molar-refractivity contribution in [1.82, 2.24) is 20.5 Å². The van der Waals surface area contributed by atoms with E-state index in [1.807, 2.05) is 12.1 Å². The number of fused-ring (bicyclic) bond motifs is 1. The molecule has 2 aromatic carbocycles. The van der Waals surface area contributed by atoms with E-state index in [-0.39, 0.29) is 16.9 Å². The van der Waals surface area contributed by atoms with E-state index in [1.165, 1.54) is 47.0 Å². The Hall–Kier alpha value is -5.04. The van der Waals surface area contributed by atoms with Gasteiger partial charge in [-0.3, -0.25) is 19.2 Å². The van der Waals surface area contributed by atoms with Crippen LogP contribution in [0.15, 0.2) is 65.5 Å². The van der Waals surface area contributed by atoms with Crippen LogP contribution in [0.4, 0.5) is 0 Å². The highest BCUT2D eigenvalue weighted by atomic mass is 32.2. The molecule has 0 saturated carbocycles. The summed E-state index contributed by atoms with van der Waals surface area (Å²) in [4.78, 5) is 68.3. The van der Waals surface area contributed by atoms with Crippen molar-refractivity contribution in [3.8, 4) is 11.5 Å². The second-order valence-corrected chi connectivity index (χ2v) is 12.6. The van der Waals surface area contributed by atoms with E-state index in [4.69, 9.17) is 4.74 Å². The Morgan fingerprint density at radius 3 is 2.32 bits per heavy atom. The van der Waals surface area contributed by atoms with Gasteiger partial charge in [0.25, 0.3) is 11.5 Å². The lowest BCUT2D eigenvalue weighted by Crippen LogP contribution is -2.71. The number of phenolic OH excluding ortho intramolecular Hbond substituents is 1. The molecule has 3 heterocycles. The summed E-state index contributed by atoms with van der Waals surface area (Å²) in [6, 6.07) is 12.3. The third-order valence-corrected chi connectivity index (χ3v) is 9.06. The van der Waals surface area contributed by atoms with Crippen LogP contribution in [0, 0.1) is 0 Å². The summed E-state index contributed by atoms with van der Waals surface area (Å²) in [5.41, 5.74) is 0.669. The third-order valence-electron chi connectivity index (χ3n) is 7.48. The number of rotatable bonds is 9. The molecule has 2 saturated heterocycles. The summed E-state index contributed by atoms with van der Waals surface area (Å²) in [6.45, 7) is 3.44. The van der Waals surface area contributed by atoms with Crippen LogP contribution in [0.3, 0.4) is 0 Å². The van der Waals surface area contributed by atoms with Crippen LogP contribution in [0.25, 0.3) is 12.2 Å². The number of β-lactam (4-membered cyclic amide) rings is 1. The summed E-state index contributed by atoms with van der Waals surface area (Å²) < 4.78 is 4.36. The van der Waals surface area contributed by atoms with Gasteiger partial charge in [-0.25, -0.2) is 4.79 Å². The van der Waals surface area contributed by atoms with Crippen molar-refractivity contribution in [2.45, 2.75) is 42.1 Å². The molecule has 2 fully saturated rings. The number of carbonyl (C=O) groups excluding carboxylic acids is 3. The summed E-state index contributed by atoms with van der Waals surface area (Å²) >= 11 is 1.27. The second-order valence-electron chi connectivity index (χ2n) is 10.8. The van der Waals surface area contributed by atoms with Gasteiger partial charge in [0.15, 0.2) is 0 Å². The zero-order valence-electron chi connectivity index (χ0n) is 23.9. The normalized spacial score (nSPS) is 20.8. The maximum absolute atomic E-state index is 13.5. The fourth-order valence-corrected chi connectivity index (χ4v) is 6.85. The van der Waals surface area contributed by atoms with Gasteiger partial charge in [0.1, 0.15) is 40.6 Å². The van der Waals surface area contributed by atoms with E-state index < -0.39 is 57.5 Å². The smallest absolute Gasteiger partial charge is 0.327 e. The lowest BCUT2D eigenvalue weighted by molar-refractivity contribution is -0.161. The molecule has 1 aromatic heterocycles. The Morgan fingerprint density at radius 2 is 1.70 bits per heavy atom. The SMILES string of the molecule is COc1ccc(/C=C\c2ccc(C(=O)NC(C(=O)N[C@@H]3C(=O)N4[C@@H]3SC(C)(C)[C@@H]4C(=O)O)c3ccc(O)cc3)c(=O)[nH]2)cc1. The first-order valence-electron chi connectivity index (χ1n) is 13.6. The van der Waals surface area contributed by atoms with Crippen LogP contribution in [0.2, 0.25) is 0 Å². The number of amides is 3. The number of ether oxygens (including phenoxy) is 1. The molecule has 3 amide bonds. The number of methoxy groups -OCH3 is 1. The number of aromatic amines is 1. The van der Waals surface area contributed by atoms with Gasteiger partial charge in [-0.2, -0.15) is 0 Å². The van der Waals surface area contributed by atoms with Gasteiger partial charge >= 0.3 is 5.97 Å². The van der Waals surface area contributed by atoms with Gasteiger partial charge in [-0.1, -0.05) is 30.3 Å². The minimum absolute atomic E-state index is 0.0666. The first-order valence-corrected chi connectivity index (χ1v) is 14.5. The first-order chi connectivity index (χ1) is 20.9. The fraction of sp³-hybridized carbons (Fsp3) is 0.258. The van der Waals surface area contributed by atoms with E-state index in [1.54, 1.807) is 51.3 Å². The van der Waals surface area contributed by atoms with Gasteiger partial charge in [0.05, 0.1) is 7.11 Å². The summed E-state index contributed by atoms with van der Waals surface area (Å²) in [5, 5.41) is 24.0. The highest BCUT2D eigenvalue weighted by Crippen LogP contribution is 2.50. The number of aromatic nitrogens is 1. The molecular formula is C31H30N4O8S. The second kappa shape index (κ2) is 11.9. The quantitative estimate of drug-likeness (QED) is 0.225. The van der Waals surface area contributed by atoms with Crippen molar-refractivity contribution in [2.24, 2.45) is 0 Å².